The van der Waals surface area contributed by atoms with E-state index in [4.69, 9.17) is 0 Å². The topological polar surface area (TPSA) is 88.0 Å². The molecule has 146 valence electrons. The van der Waals surface area contributed by atoms with Gasteiger partial charge in [-0.05, 0) is 32.0 Å². The maximum absolute atomic E-state index is 12.5. The van der Waals surface area contributed by atoms with E-state index in [0.717, 1.165) is 17.3 Å². The summed E-state index contributed by atoms with van der Waals surface area (Å²) in [6.07, 6.45) is -0.895. The smallest absolute Gasteiger partial charge is 0.451 e. The number of aromatic nitrogens is 3. The molecule has 3 rings (SSSR count). The molecule has 28 heavy (non-hydrogen) atoms. The fourth-order valence-corrected chi connectivity index (χ4v) is 3.18. The van der Waals surface area contributed by atoms with Crippen molar-refractivity contribution in [1.29, 1.82) is 0 Å². The highest BCUT2D eigenvalue weighted by atomic mass is 32.1. The molecule has 0 radical (unpaired) electrons. The number of amides is 1. The number of phenols is 1. The van der Waals surface area contributed by atoms with Crippen LogP contribution in [0.15, 0.2) is 36.8 Å². The van der Waals surface area contributed by atoms with Crippen molar-refractivity contribution in [2.75, 3.05) is 0 Å². The molecule has 0 bridgehead atoms. The molecule has 2 N–H and O–H groups in total. The van der Waals surface area contributed by atoms with Gasteiger partial charge in [-0.15, -0.1) is 11.3 Å². The minimum atomic E-state index is -4.63. The molecular formula is C18H15F3N4O2S. The number of hydrogen-bond acceptors (Lipinski definition) is 6. The van der Waals surface area contributed by atoms with Crippen molar-refractivity contribution in [3.8, 4) is 16.3 Å². The van der Waals surface area contributed by atoms with Gasteiger partial charge in [-0.1, -0.05) is 0 Å². The van der Waals surface area contributed by atoms with Crippen molar-refractivity contribution in [3.05, 3.63) is 58.6 Å². The van der Waals surface area contributed by atoms with Crippen LogP contribution >= 0.6 is 11.3 Å². The third kappa shape index (κ3) is 4.45. The van der Waals surface area contributed by atoms with Crippen LogP contribution in [0.3, 0.4) is 0 Å². The molecule has 0 aliphatic heterocycles. The Kier molecular flexibility index (Phi) is 5.32. The van der Waals surface area contributed by atoms with Crippen molar-refractivity contribution in [3.63, 3.8) is 0 Å². The van der Waals surface area contributed by atoms with Crippen LogP contribution < -0.4 is 5.32 Å². The summed E-state index contributed by atoms with van der Waals surface area (Å²) >= 11 is 1.42. The number of nitrogens with one attached hydrogen (secondary N) is 1. The monoisotopic (exact) mass is 408 g/mol. The van der Waals surface area contributed by atoms with Gasteiger partial charge in [-0.2, -0.15) is 13.2 Å². The van der Waals surface area contributed by atoms with Crippen LogP contribution in [0.25, 0.3) is 10.6 Å². The molecule has 0 aliphatic rings. The molecule has 1 aromatic carbocycles. The first-order valence-electron chi connectivity index (χ1n) is 8.10. The van der Waals surface area contributed by atoms with Crippen LogP contribution in [-0.2, 0) is 6.18 Å². The van der Waals surface area contributed by atoms with Crippen molar-refractivity contribution in [2.24, 2.45) is 0 Å². The summed E-state index contributed by atoms with van der Waals surface area (Å²) in [6.45, 7) is 3.49. The molecule has 0 aliphatic carbocycles. The number of halogens is 3. The molecule has 0 fully saturated rings. The zero-order valence-corrected chi connectivity index (χ0v) is 15.6. The summed E-state index contributed by atoms with van der Waals surface area (Å²) in [5.41, 5.74) is 1.11. The second kappa shape index (κ2) is 7.55. The lowest BCUT2D eigenvalue weighted by molar-refractivity contribution is -0.145. The average molecular weight is 408 g/mol. The van der Waals surface area contributed by atoms with Gasteiger partial charge in [0.25, 0.3) is 5.91 Å². The first kappa shape index (κ1) is 19.7. The lowest BCUT2D eigenvalue weighted by Gasteiger charge is -2.15. The highest BCUT2D eigenvalue weighted by Gasteiger charge is 2.34. The molecule has 1 atom stereocenters. The van der Waals surface area contributed by atoms with Gasteiger partial charge in [0.05, 0.1) is 6.04 Å². The van der Waals surface area contributed by atoms with Crippen LogP contribution in [0.4, 0.5) is 13.2 Å². The first-order valence-corrected chi connectivity index (χ1v) is 8.92. The average Bonchev–Trinajstić information content (AvgIpc) is 3.07. The van der Waals surface area contributed by atoms with Crippen LogP contribution in [0.2, 0.25) is 0 Å². The Balaban J connectivity index is 1.78. The normalized spacial score (nSPS) is 12.6. The summed E-state index contributed by atoms with van der Waals surface area (Å²) < 4.78 is 37.6. The largest absolute Gasteiger partial charge is 0.508 e. The predicted molar refractivity (Wildman–Crippen MR) is 96.9 cm³/mol. The fourth-order valence-electron chi connectivity index (χ4n) is 2.43. The van der Waals surface area contributed by atoms with Crippen LogP contribution in [0.5, 0.6) is 5.75 Å². The number of carbonyl (C=O) groups is 1. The van der Waals surface area contributed by atoms with E-state index in [1.807, 2.05) is 6.92 Å². The summed E-state index contributed by atoms with van der Waals surface area (Å²) in [6, 6.07) is 3.75. The Bertz CT molecular complexity index is 1000. The second-order valence-corrected chi connectivity index (χ2v) is 7.31. The van der Waals surface area contributed by atoms with Gasteiger partial charge in [0.15, 0.2) is 0 Å². The van der Waals surface area contributed by atoms with Crippen molar-refractivity contribution >= 4 is 17.2 Å². The lowest BCUT2D eigenvalue weighted by Crippen LogP contribution is -2.27. The van der Waals surface area contributed by atoms with E-state index >= 15 is 0 Å². The molecule has 1 amide bonds. The third-order valence-electron chi connectivity index (χ3n) is 3.82. The number of carbonyl (C=O) groups excluding carboxylic acids is 1. The third-order valence-corrected chi connectivity index (χ3v) is 4.78. The highest BCUT2D eigenvalue weighted by Crippen LogP contribution is 2.29. The van der Waals surface area contributed by atoms with E-state index < -0.39 is 23.9 Å². The Morgan fingerprint density at radius 1 is 1.14 bits per heavy atom. The standard InChI is InChI=1S/C18H15F3N4O2S/c1-9-6-22-16(28-9)12-3-11(4-14(26)5-12)15(27)25-10(2)13-7-23-17(24-8-13)18(19,20)21/h3-8,10,26H,1-2H3,(H,25,27)/t10-/m1/s1. The van der Waals surface area contributed by atoms with E-state index in [1.165, 1.54) is 23.5 Å². The zero-order valence-electron chi connectivity index (χ0n) is 14.8. The zero-order chi connectivity index (χ0) is 20.5. The Morgan fingerprint density at radius 2 is 1.82 bits per heavy atom. The van der Waals surface area contributed by atoms with E-state index in [9.17, 15) is 23.1 Å². The minimum absolute atomic E-state index is 0.0963. The van der Waals surface area contributed by atoms with Crippen molar-refractivity contribution in [2.45, 2.75) is 26.1 Å². The van der Waals surface area contributed by atoms with Gasteiger partial charge in [0.2, 0.25) is 5.82 Å². The number of aryl methyl sites for hydroxylation is 1. The van der Waals surface area contributed by atoms with Crippen molar-refractivity contribution in [1.82, 2.24) is 20.3 Å². The Morgan fingerprint density at radius 3 is 2.39 bits per heavy atom. The minimum Gasteiger partial charge on any atom is -0.508 e. The molecular weight excluding hydrogens is 393 g/mol. The Hall–Kier alpha value is -3.01. The van der Waals surface area contributed by atoms with Gasteiger partial charge in [0, 0.05) is 40.2 Å². The quantitative estimate of drug-likeness (QED) is 0.678. The number of phenolic OH excluding ortho intramolecular Hbond substituents is 1. The maximum atomic E-state index is 12.5. The molecule has 0 spiro atoms. The summed E-state index contributed by atoms with van der Waals surface area (Å²) in [7, 11) is 0. The number of rotatable bonds is 4. The fraction of sp³-hybridized carbons (Fsp3) is 0.222. The highest BCUT2D eigenvalue weighted by molar-refractivity contribution is 7.14. The van der Waals surface area contributed by atoms with Gasteiger partial charge < -0.3 is 10.4 Å². The maximum Gasteiger partial charge on any atom is 0.451 e. The molecule has 0 saturated heterocycles. The molecule has 10 heteroatoms. The molecule has 2 aromatic heterocycles. The summed E-state index contributed by atoms with van der Waals surface area (Å²) in [5.74, 6) is -1.84. The Labute approximate surface area is 162 Å². The van der Waals surface area contributed by atoms with Crippen molar-refractivity contribution < 1.29 is 23.1 Å². The summed E-state index contributed by atoms with van der Waals surface area (Å²) in [5, 5.41) is 13.3. The number of aromatic hydroxyl groups is 1. The predicted octanol–water partition coefficient (Wildman–Crippen LogP) is 4.12. The van der Waals surface area contributed by atoms with E-state index in [0.29, 0.717) is 16.1 Å². The van der Waals surface area contributed by atoms with Gasteiger partial charge in [-0.3, -0.25) is 4.79 Å². The molecule has 2 heterocycles. The van der Waals surface area contributed by atoms with E-state index in [1.54, 1.807) is 19.2 Å². The van der Waals surface area contributed by atoms with E-state index in [-0.39, 0.29) is 11.3 Å². The lowest BCUT2D eigenvalue weighted by atomic mass is 10.1. The SMILES string of the molecule is Cc1cnc(-c2cc(O)cc(C(=O)N[C@H](C)c3cnc(C(F)(F)F)nc3)c2)s1. The second-order valence-electron chi connectivity index (χ2n) is 6.08. The molecule has 0 unspecified atom stereocenters. The van der Waals surface area contributed by atoms with Crippen LogP contribution in [0, 0.1) is 6.92 Å². The van der Waals surface area contributed by atoms with E-state index in [2.05, 4.69) is 20.3 Å². The molecule has 0 saturated carbocycles. The van der Waals surface area contributed by atoms with Crippen LogP contribution in [0.1, 0.15) is 39.6 Å². The van der Waals surface area contributed by atoms with Gasteiger partial charge >= 0.3 is 6.18 Å². The number of thiazole rings is 1. The number of alkyl halides is 3. The number of nitrogens with zero attached hydrogens (tertiary/aromatic N) is 3. The molecule has 6 nitrogen and oxygen atoms in total. The first-order chi connectivity index (χ1) is 13.1. The van der Waals surface area contributed by atoms with Crippen LogP contribution in [-0.4, -0.2) is 26.0 Å². The summed E-state index contributed by atoms with van der Waals surface area (Å²) in [4.78, 5) is 24.3. The number of hydrogen-bond donors (Lipinski definition) is 2. The molecule has 3 aromatic rings. The van der Waals surface area contributed by atoms with Gasteiger partial charge in [0.1, 0.15) is 10.8 Å². The van der Waals surface area contributed by atoms with Gasteiger partial charge in [-0.25, -0.2) is 15.0 Å². The number of benzene rings is 1.